The quantitative estimate of drug-likeness (QED) is 0.243. The number of fused-ring (bicyclic) bond motifs is 4. The molecule has 0 radical (unpaired) electrons. The van der Waals surface area contributed by atoms with Crippen LogP contribution < -0.4 is 15.0 Å². The van der Waals surface area contributed by atoms with Crippen molar-refractivity contribution in [2.24, 2.45) is 0 Å². The van der Waals surface area contributed by atoms with E-state index in [4.69, 9.17) is 9.72 Å². The third-order valence-electron chi connectivity index (χ3n) is 10.1. The van der Waals surface area contributed by atoms with E-state index in [9.17, 15) is 14.7 Å². The van der Waals surface area contributed by atoms with Crippen molar-refractivity contribution in [1.82, 2.24) is 24.8 Å². The largest absolute Gasteiger partial charge is 0.508 e. The predicted molar refractivity (Wildman–Crippen MR) is 184 cm³/mol. The molecule has 2 amide bonds. The molecule has 8 rings (SSSR count). The van der Waals surface area contributed by atoms with Crippen LogP contribution in [0.2, 0.25) is 0 Å². The number of aromatic hydroxyl groups is 1. The zero-order valence-corrected chi connectivity index (χ0v) is 27.1. The summed E-state index contributed by atoms with van der Waals surface area (Å²) < 4.78 is 23.0. The van der Waals surface area contributed by atoms with Crippen molar-refractivity contribution in [3.05, 3.63) is 78.7 Å². The molecule has 2 N–H and O–H groups in total. The van der Waals surface area contributed by atoms with Crippen molar-refractivity contribution in [3.63, 3.8) is 0 Å². The van der Waals surface area contributed by atoms with Gasteiger partial charge in [-0.2, -0.15) is 9.97 Å². The molecule has 2 bridgehead atoms. The van der Waals surface area contributed by atoms with Gasteiger partial charge in [0.05, 0.1) is 12.1 Å². The lowest BCUT2D eigenvalue weighted by Gasteiger charge is -2.41. The van der Waals surface area contributed by atoms with Crippen molar-refractivity contribution in [2.45, 2.75) is 43.8 Å². The molecule has 3 aliphatic heterocycles. The van der Waals surface area contributed by atoms with Crippen LogP contribution in [-0.4, -0.2) is 93.1 Å². The number of hydrogen-bond donors (Lipinski definition) is 2. The summed E-state index contributed by atoms with van der Waals surface area (Å²) >= 11 is 0. The number of piperazine rings is 1. The molecule has 5 heterocycles. The zero-order chi connectivity index (χ0) is 33.6. The van der Waals surface area contributed by atoms with Gasteiger partial charge >= 0.3 is 17.8 Å². The Balaban J connectivity index is 1.15. The second-order valence-electron chi connectivity index (χ2n) is 13.1. The number of likely N-dealkylation sites (N-methyl/N-ethyl adjacent to an activating group) is 1. The van der Waals surface area contributed by atoms with Gasteiger partial charge in [0.25, 0.3) is 0 Å². The molecule has 2 aromatic heterocycles. The number of phenols is 1. The molecule has 3 atom stereocenters. The highest BCUT2D eigenvalue weighted by atomic mass is 19.1. The van der Waals surface area contributed by atoms with Crippen molar-refractivity contribution in [2.75, 3.05) is 43.5 Å². The van der Waals surface area contributed by atoms with Crippen LogP contribution in [0.1, 0.15) is 25.7 Å². The van der Waals surface area contributed by atoms with Gasteiger partial charge in [-0.15, -0.1) is 0 Å². The van der Waals surface area contributed by atoms with Crippen LogP contribution in [-0.2, 0) is 9.59 Å². The number of benzene rings is 3. The Morgan fingerprint density at radius 1 is 0.959 bits per heavy atom. The normalized spacial score (nSPS) is 20.7. The van der Waals surface area contributed by atoms with Gasteiger partial charge < -0.3 is 29.9 Å². The fraction of sp³-hybridized carbons (Fsp3) is 0.324. The molecule has 250 valence electrons. The first-order valence-electron chi connectivity index (χ1n) is 16.7. The minimum absolute atomic E-state index is 0.0397. The first kappa shape index (κ1) is 30.9. The number of anilines is 2. The molecule has 11 nitrogen and oxygen atoms in total. The van der Waals surface area contributed by atoms with E-state index in [0.717, 1.165) is 43.0 Å². The molecule has 3 aliphatic rings. The summed E-state index contributed by atoms with van der Waals surface area (Å²) in [6.45, 7) is 2.19. The number of ether oxygens (including phenoxy) is 1. The molecule has 0 spiro atoms. The standard InChI is InChI=1S/C37H36FN7O4/c1-43-16-6-8-25(43)21-49-37-41-33-29(14-13-28(32(33)38)30-18-26(46)17-22-7-2-3-9-27(22)30)34(42-37)44-19-23-11-12-24(20-44)45(23)36(48)35(47)40-31-10-4-5-15-39-31/h2-5,7,9-10,13-15,17-18,23-25,46H,6,8,11-12,16,19-21H2,1H3,(H,39,40,47)/t23?,24?,25-/m0/s1. The third kappa shape index (κ3) is 5.75. The molecular formula is C37H36FN7O4. The highest BCUT2D eigenvalue weighted by Gasteiger charge is 2.45. The van der Waals surface area contributed by atoms with Crippen LogP contribution in [0.25, 0.3) is 32.8 Å². The van der Waals surface area contributed by atoms with Gasteiger partial charge in [0.15, 0.2) is 5.82 Å². The third-order valence-corrected chi connectivity index (χ3v) is 10.1. The Morgan fingerprint density at radius 3 is 2.51 bits per heavy atom. The summed E-state index contributed by atoms with van der Waals surface area (Å²) in [5.74, 6) is -0.980. The fourth-order valence-corrected chi connectivity index (χ4v) is 7.65. The Hall–Kier alpha value is -5.36. The lowest BCUT2D eigenvalue weighted by molar-refractivity contribution is -0.145. The summed E-state index contributed by atoms with van der Waals surface area (Å²) in [6.07, 6.45) is 5.08. The monoisotopic (exact) mass is 661 g/mol. The molecule has 0 saturated carbocycles. The maximum Gasteiger partial charge on any atom is 0.319 e. The molecule has 3 fully saturated rings. The van der Waals surface area contributed by atoms with E-state index in [1.807, 2.05) is 30.3 Å². The van der Waals surface area contributed by atoms with E-state index in [1.165, 1.54) is 0 Å². The van der Waals surface area contributed by atoms with Gasteiger partial charge in [0.1, 0.15) is 29.5 Å². The summed E-state index contributed by atoms with van der Waals surface area (Å²) in [7, 11) is 2.06. The van der Waals surface area contributed by atoms with E-state index in [-0.39, 0.29) is 35.4 Å². The molecule has 12 heteroatoms. The van der Waals surface area contributed by atoms with Crippen molar-refractivity contribution in [3.8, 4) is 22.9 Å². The number of carbonyl (C=O) groups excluding carboxylic acids is 2. The van der Waals surface area contributed by atoms with Crippen LogP contribution in [0.3, 0.4) is 0 Å². The number of carbonyl (C=O) groups is 2. The van der Waals surface area contributed by atoms with Gasteiger partial charge in [0, 0.05) is 36.3 Å². The topological polar surface area (TPSA) is 124 Å². The van der Waals surface area contributed by atoms with Gasteiger partial charge in [-0.05, 0) is 85.9 Å². The Labute approximate surface area is 282 Å². The zero-order valence-electron chi connectivity index (χ0n) is 27.1. The van der Waals surface area contributed by atoms with E-state index in [0.29, 0.717) is 47.8 Å². The minimum Gasteiger partial charge on any atom is -0.508 e. The second kappa shape index (κ2) is 12.6. The highest BCUT2D eigenvalue weighted by Crippen LogP contribution is 2.40. The molecule has 2 unspecified atom stereocenters. The van der Waals surface area contributed by atoms with Crippen molar-refractivity contribution >= 4 is 45.1 Å². The number of nitrogens with one attached hydrogen (secondary N) is 1. The van der Waals surface area contributed by atoms with Crippen LogP contribution in [0.15, 0.2) is 72.9 Å². The number of amides is 2. The summed E-state index contributed by atoms with van der Waals surface area (Å²) in [4.78, 5) is 45.9. The number of likely N-dealkylation sites (tertiary alicyclic amines) is 1. The van der Waals surface area contributed by atoms with E-state index in [1.54, 1.807) is 47.5 Å². The van der Waals surface area contributed by atoms with Crippen LogP contribution in [0, 0.1) is 5.82 Å². The number of pyridine rings is 1. The Kier molecular flexibility index (Phi) is 7.95. The van der Waals surface area contributed by atoms with Crippen molar-refractivity contribution < 1.29 is 23.8 Å². The van der Waals surface area contributed by atoms with Crippen molar-refractivity contribution in [1.29, 1.82) is 0 Å². The number of nitrogens with zero attached hydrogens (tertiary/aromatic N) is 6. The smallest absolute Gasteiger partial charge is 0.319 e. The number of halogens is 1. The summed E-state index contributed by atoms with van der Waals surface area (Å²) in [6, 6.07) is 19.2. The SMILES string of the molecule is CN1CCC[C@H]1COc1nc(N2CC3CCC(C2)N3C(=O)C(=O)Nc2ccccn2)c2ccc(-c3cc(O)cc4ccccc34)c(F)c2n1. The van der Waals surface area contributed by atoms with E-state index < -0.39 is 17.6 Å². The fourth-order valence-electron chi connectivity index (χ4n) is 7.65. The minimum atomic E-state index is -0.724. The molecule has 3 aromatic carbocycles. The van der Waals surface area contributed by atoms with Gasteiger partial charge in [-0.3, -0.25) is 9.59 Å². The molecule has 3 saturated heterocycles. The number of hydrogen-bond acceptors (Lipinski definition) is 9. The summed E-state index contributed by atoms with van der Waals surface area (Å²) in [5, 5.41) is 15.2. The average molecular weight is 662 g/mol. The first-order valence-corrected chi connectivity index (χ1v) is 16.7. The molecule has 49 heavy (non-hydrogen) atoms. The Bertz CT molecular complexity index is 2070. The number of rotatable bonds is 6. The van der Waals surface area contributed by atoms with Crippen LogP contribution >= 0.6 is 0 Å². The van der Waals surface area contributed by atoms with Crippen LogP contribution in [0.4, 0.5) is 16.0 Å². The average Bonchev–Trinajstić information content (AvgIpc) is 3.64. The number of phenolic OH excluding ortho intramolecular Hbond substituents is 1. The molecule has 5 aromatic rings. The maximum atomic E-state index is 16.8. The van der Waals surface area contributed by atoms with E-state index in [2.05, 4.69) is 32.1 Å². The van der Waals surface area contributed by atoms with E-state index >= 15 is 4.39 Å². The molecule has 0 aliphatic carbocycles. The lowest BCUT2D eigenvalue weighted by atomic mass is 9.96. The first-order chi connectivity index (χ1) is 23.8. The van der Waals surface area contributed by atoms with Crippen LogP contribution in [0.5, 0.6) is 11.8 Å². The van der Waals surface area contributed by atoms with Gasteiger partial charge in [-0.1, -0.05) is 36.4 Å². The molecular weight excluding hydrogens is 625 g/mol. The van der Waals surface area contributed by atoms with Gasteiger partial charge in [-0.25, -0.2) is 9.37 Å². The lowest BCUT2D eigenvalue weighted by Crippen LogP contribution is -2.58. The highest BCUT2D eigenvalue weighted by molar-refractivity contribution is 6.39. The number of aromatic nitrogens is 3. The second-order valence-corrected chi connectivity index (χ2v) is 13.1. The predicted octanol–water partition coefficient (Wildman–Crippen LogP) is 4.98. The Morgan fingerprint density at radius 2 is 1.76 bits per heavy atom. The summed E-state index contributed by atoms with van der Waals surface area (Å²) in [5.41, 5.74) is 0.977. The maximum absolute atomic E-state index is 16.8. The van der Waals surface area contributed by atoms with Gasteiger partial charge in [0.2, 0.25) is 0 Å².